The molecule has 156 valence electrons. The Morgan fingerprint density at radius 3 is 2.68 bits per heavy atom. The third-order valence-corrected chi connectivity index (χ3v) is 4.72. The minimum Gasteiger partial charge on any atom is -0.452 e. The number of aryl methyl sites for hydroxylation is 1. The summed E-state index contributed by atoms with van der Waals surface area (Å²) in [5.41, 5.74) is 2.21. The van der Waals surface area contributed by atoms with Gasteiger partial charge in [0.05, 0.1) is 27.3 Å². The number of benzene rings is 2. The van der Waals surface area contributed by atoms with E-state index in [0.717, 1.165) is 11.8 Å². The number of nitrogens with zero attached hydrogens (tertiary/aromatic N) is 3. The Balaban J connectivity index is 1.78. The third-order valence-electron chi connectivity index (χ3n) is 4.72. The smallest absolute Gasteiger partial charge is 0.339 e. The second-order valence-electron chi connectivity index (χ2n) is 6.65. The van der Waals surface area contributed by atoms with Gasteiger partial charge in [-0.3, -0.25) is 19.9 Å². The van der Waals surface area contributed by atoms with Crippen molar-refractivity contribution < 1.29 is 19.2 Å². The Bertz CT molecular complexity index is 1250. The van der Waals surface area contributed by atoms with Crippen LogP contribution in [0.3, 0.4) is 0 Å². The van der Waals surface area contributed by atoms with Crippen molar-refractivity contribution in [1.29, 1.82) is 5.26 Å². The summed E-state index contributed by atoms with van der Waals surface area (Å²) in [6.07, 6.45) is 0.633. The number of nitro groups is 1. The predicted octanol–water partition coefficient (Wildman–Crippen LogP) is 3.68. The maximum Gasteiger partial charge on any atom is 0.339 e. The number of hydrogen-bond donors (Lipinski definition) is 1. The van der Waals surface area contributed by atoms with Crippen LogP contribution in [0, 0.1) is 28.4 Å². The number of ether oxygens (including phenoxy) is 1. The van der Waals surface area contributed by atoms with E-state index in [9.17, 15) is 19.7 Å². The fourth-order valence-electron chi connectivity index (χ4n) is 3.20. The van der Waals surface area contributed by atoms with E-state index in [0.29, 0.717) is 28.5 Å². The first-order valence-electron chi connectivity index (χ1n) is 9.39. The molecular formula is C22H18N4O5. The number of esters is 1. The molecule has 0 aliphatic heterocycles. The number of anilines is 1. The maximum atomic E-state index is 12.8. The van der Waals surface area contributed by atoms with E-state index < -0.39 is 23.4 Å². The van der Waals surface area contributed by atoms with E-state index in [1.165, 1.54) is 12.1 Å². The van der Waals surface area contributed by atoms with Crippen LogP contribution in [0.4, 0.5) is 11.4 Å². The van der Waals surface area contributed by atoms with Gasteiger partial charge < -0.3 is 10.1 Å². The number of pyridine rings is 1. The van der Waals surface area contributed by atoms with E-state index in [1.54, 1.807) is 31.2 Å². The molecule has 0 unspecified atom stereocenters. The molecule has 3 rings (SSSR count). The van der Waals surface area contributed by atoms with Gasteiger partial charge in [0.1, 0.15) is 6.07 Å². The number of rotatable bonds is 6. The van der Waals surface area contributed by atoms with Gasteiger partial charge in [0, 0.05) is 23.2 Å². The number of fused-ring (bicyclic) bond motifs is 1. The summed E-state index contributed by atoms with van der Waals surface area (Å²) >= 11 is 0. The Hall–Kier alpha value is -4.32. The molecule has 0 radical (unpaired) electrons. The summed E-state index contributed by atoms with van der Waals surface area (Å²) in [6.45, 7) is 3.13. The Labute approximate surface area is 177 Å². The molecule has 9 heteroatoms. The Morgan fingerprint density at radius 1 is 1.26 bits per heavy atom. The molecule has 2 aromatic carbocycles. The summed E-state index contributed by atoms with van der Waals surface area (Å²) in [4.78, 5) is 39.8. The molecule has 1 N–H and O–H groups in total. The lowest BCUT2D eigenvalue weighted by Gasteiger charge is -2.13. The molecule has 1 heterocycles. The number of nitriles is 1. The number of hydrogen-bond acceptors (Lipinski definition) is 7. The lowest BCUT2D eigenvalue weighted by molar-refractivity contribution is -0.384. The molecule has 1 amide bonds. The fourth-order valence-corrected chi connectivity index (χ4v) is 3.20. The standard InChI is InChI=1S/C22H18N4O5/c1-3-17-13(2)21(16-6-4-5-7-19(16)24-17)22(28)31-12-20(27)25-18-9-8-15(26(29)30)10-14(18)11-23/h4-10H,3,12H2,1-2H3,(H,25,27). The summed E-state index contributed by atoms with van der Waals surface area (Å²) < 4.78 is 5.22. The van der Waals surface area contributed by atoms with Gasteiger partial charge in [0.15, 0.2) is 6.61 Å². The van der Waals surface area contributed by atoms with Gasteiger partial charge in [-0.15, -0.1) is 0 Å². The van der Waals surface area contributed by atoms with E-state index in [2.05, 4.69) is 10.3 Å². The first-order chi connectivity index (χ1) is 14.8. The van der Waals surface area contributed by atoms with Crippen molar-refractivity contribution in [1.82, 2.24) is 4.98 Å². The number of nitro benzene ring substituents is 1. The lowest BCUT2D eigenvalue weighted by atomic mass is 10.0. The van der Waals surface area contributed by atoms with Gasteiger partial charge in [-0.25, -0.2) is 4.79 Å². The van der Waals surface area contributed by atoms with Crippen LogP contribution >= 0.6 is 0 Å². The van der Waals surface area contributed by atoms with Gasteiger partial charge in [-0.05, 0) is 31.0 Å². The van der Waals surface area contributed by atoms with Crippen molar-refractivity contribution in [2.45, 2.75) is 20.3 Å². The minimum absolute atomic E-state index is 0.0718. The maximum absolute atomic E-state index is 12.8. The quantitative estimate of drug-likeness (QED) is 0.366. The van der Waals surface area contributed by atoms with Gasteiger partial charge in [-0.1, -0.05) is 25.1 Å². The van der Waals surface area contributed by atoms with Crippen LogP contribution in [0.15, 0.2) is 42.5 Å². The molecule has 0 saturated heterocycles. The van der Waals surface area contributed by atoms with Gasteiger partial charge >= 0.3 is 5.97 Å². The molecular weight excluding hydrogens is 400 g/mol. The van der Waals surface area contributed by atoms with E-state index in [-0.39, 0.29) is 16.9 Å². The Kier molecular flexibility index (Phi) is 6.21. The Morgan fingerprint density at radius 2 is 2.00 bits per heavy atom. The molecule has 0 bridgehead atoms. The first-order valence-corrected chi connectivity index (χ1v) is 9.39. The molecule has 0 aliphatic carbocycles. The zero-order valence-electron chi connectivity index (χ0n) is 16.8. The van der Waals surface area contributed by atoms with Gasteiger partial charge in [-0.2, -0.15) is 5.26 Å². The SMILES string of the molecule is CCc1nc2ccccc2c(C(=O)OCC(=O)Nc2ccc([N+](=O)[O-])cc2C#N)c1C. The van der Waals surface area contributed by atoms with E-state index >= 15 is 0 Å². The number of para-hydroxylation sites is 1. The van der Waals surface area contributed by atoms with Crippen molar-refractivity contribution in [2.75, 3.05) is 11.9 Å². The molecule has 31 heavy (non-hydrogen) atoms. The van der Waals surface area contributed by atoms with E-state index in [1.807, 2.05) is 13.0 Å². The van der Waals surface area contributed by atoms with Crippen molar-refractivity contribution in [3.8, 4) is 6.07 Å². The zero-order chi connectivity index (χ0) is 22.5. The van der Waals surface area contributed by atoms with Crippen LogP contribution in [0.25, 0.3) is 10.9 Å². The van der Waals surface area contributed by atoms with Crippen molar-refractivity contribution in [3.05, 3.63) is 75.0 Å². The summed E-state index contributed by atoms with van der Waals surface area (Å²) in [5, 5.41) is 23.1. The highest BCUT2D eigenvalue weighted by Gasteiger charge is 2.20. The number of carbonyl (C=O) groups excluding carboxylic acids is 2. The number of aromatic nitrogens is 1. The highest BCUT2D eigenvalue weighted by Crippen LogP contribution is 2.25. The molecule has 9 nitrogen and oxygen atoms in total. The number of carbonyl (C=O) groups is 2. The average Bonchev–Trinajstić information content (AvgIpc) is 2.77. The average molecular weight is 418 g/mol. The summed E-state index contributed by atoms with van der Waals surface area (Å²) in [5.74, 6) is -1.34. The topological polar surface area (TPSA) is 135 Å². The third kappa shape index (κ3) is 4.48. The second-order valence-corrected chi connectivity index (χ2v) is 6.65. The van der Waals surface area contributed by atoms with Crippen molar-refractivity contribution in [3.63, 3.8) is 0 Å². The normalized spacial score (nSPS) is 10.4. The van der Waals surface area contributed by atoms with Gasteiger partial charge in [0.25, 0.3) is 11.6 Å². The highest BCUT2D eigenvalue weighted by molar-refractivity contribution is 6.06. The number of amides is 1. The lowest BCUT2D eigenvalue weighted by Crippen LogP contribution is -2.22. The van der Waals surface area contributed by atoms with Crippen LogP contribution in [0.5, 0.6) is 0 Å². The monoisotopic (exact) mass is 418 g/mol. The number of non-ortho nitro benzene ring substituents is 1. The molecule has 0 atom stereocenters. The second kappa shape index (κ2) is 9.00. The van der Waals surface area contributed by atoms with Crippen molar-refractivity contribution >= 4 is 34.2 Å². The number of nitrogens with one attached hydrogen (secondary N) is 1. The first kappa shape index (κ1) is 21.4. The summed E-state index contributed by atoms with van der Waals surface area (Å²) in [6, 6.07) is 12.4. The van der Waals surface area contributed by atoms with Gasteiger partial charge in [0.2, 0.25) is 0 Å². The fraction of sp³-hybridized carbons (Fsp3) is 0.182. The van der Waals surface area contributed by atoms with Crippen LogP contribution in [-0.4, -0.2) is 28.4 Å². The molecule has 1 aromatic heterocycles. The van der Waals surface area contributed by atoms with Crippen LogP contribution in [-0.2, 0) is 16.0 Å². The molecule has 3 aromatic rings. The highest BCUT2D eigenvalue weighted by atomic mass is 16.6. The molecule has 0 saturated carbocycles. The van der Waals surface area contributed by atoms with E-state index in [4.69, 9.17) is 10.00 Å². The molecule has 0 aliphatic rings. The van der Waals surface area contributed by atoms with Crippen LogP contribution in [0.2, 0.25) is 0 Å². The summed E-state index contributed by atoms with van der Waals surface area (Å²) in [7, 11) is 0. The van der Waals surface area contributed by atoms with Crippen LogP contribution < -0.4 is 5.32 Å². The predicted molar refractivity (Wildman–Crippen MR) is 113 cm³/mol. The molecule has 0 fully saturated rings. The van der Waals surface area contributed by atoms with Crippen LogP contribution in [0.1, 0.15) is 34.1 Å². The molecule has 0 spiro atoms. The largest absolute Gasteiger partial charge is 0.452 e. The zero-order valence-corrected chi connectivity index (χ0v) is 16.8. The minimum atomic E-state index is -0.676. The van der Waals surface area contributed by atoms with Crippen molar-refractivity contribution in [2.24, 2.45) is 0 Å².